The molecule has 0 amide bonds. The van der Waals surface area contributed by atoms with Crippen molar-refractivity contribution < 1.29 is 8.78 Å². The summed E-state index contributed by atoms with van der Waals surface area (Å²) in [5, 5.41) is 3.45. The minimum absolute atomic E-state index is 0.00611. The van der Waals surface area contributed by atoms with Crippen LogP contribution in [0.15, 0.2) is 18.2 Å². The lowest BCUT2D eigenvalue weighted by Gasteiger charge is -2.34. The van der Waals surface area contributed by atoms with E-state index in [1.54, 1.807) is 6.07 Å². The van der Waals surface area contributed by atoms with Gasteiger partial charge in [0.05, 0.1) is 0 Å². The van der Waals surface area contributed by atoms with Gasteiger partial charge in [-0.25, -0.2) is 8.78 Å². The summed E-state index contributed by atoms with van der Waals surface area (Å²) < 4.78 is 27.1. The molecule has 1 aromatic rings. The highest BCUT2D eigenvalue weighted by atomic mass is 32.2. The third kappa shape index (κ3) is 3.29. The Bertz CT molecular complexity index is 430. The second-order valence-corrected chi connectivity index (χ2v) is 6.95. The SMILES string of the molecule is CCCNC(c1ccc(F)cc1F)C1(C)CCCS1. The van der Waals surface area contributed by atoms with Gasteiger partial charge in [0.2, 0.25) is 0 Å². The zero-order valence-electron chi connectivity index (χ0n) is 11.5. The van der Waals surface area contributed by atoms with E-state index in [2.05, 4.69) is 19.2 Å². The number of benzene rings is 1. The molecule has 1 nitrogen and oxygen atoms in total. The molecule has 0 aromatic heterocycles. The molecule has 0 bridgehead atoms. The molecule has 1 aromatic carbocycles. The third-order valence-electron chi connectivity index (χ3n) is 3.73. The summed E-state index contributed by atoms with van der Waals surface area (Å²) in [5.74, 6) is 0.158. The Morgan fingerprint density at radius 1 is 1.42 bits per heavy atom. The number of rotatable bonds is 5. The third-order valence-corrected chi connectivity index (χ3v) is 5.32. The Morgan fingerprint density at radius 3 is 2.79 bits per heavy atom. The summed E-state index contributed by atoms with van der Waals surface area (Å²) in [6.07, 6.45) is 3.23. The maximum Gasteiger partial charge on any atom is 0.130 e. The molecule has 2 atom stereocenters. The van der Waals surface area contributed by atoms with Gasteiger partial charge < -0.3 is 5.32 Å². The quantitative estimate of drug-likeness (QED) is 0.866. The predicted octanol–water partition coefficient (Wildman–Crippen LogP) is 4.29. The Balaban J connectivity index is 2.31. The predicted molar refractivity (Wildman–Crippen MR) is 77.5 cm³/mol. The van der Waals surface area contributed by atoms with Gasteiger partial charge in [-0.05, 0) is 44.6 Å². The van der Waals surface area contributed by atoms with Crippen LogP contribution in [0.2, 0.25) is 0 Å². The van der Waals surface area contributed by atoms with Gasteiger partial charge in [-0.1, -0.05) is 13.0 Å². The first-order valence-corrected chi connectivity index (χ1v) is 7.87. The molecule has 1 N–H and O–H groups in total. The lowest BCUT2D eigenvalue weighted by molar-refractivity contribution is 0.398. The molecule has 2 rings (SSSR count). The zero-order chi connectivity index (χ0) is 13.9. The van der Waals surface area contributed by atoms with Gasteiger partial charge in [0.25, 0.3) is 0 Å². The normalized spacial score (nSPS) is 24.6. The molecule has 4 heteroatoms. The fraction of sp³-hybridized carbons (Fsp3) is 0.600. The van der Waals surface area contributed by atoms with E-state index in [1.165, 1.54) is 6.07 Å². The van der Waals surface area contributed by atoms with Crippen LogP contribution in [0.5, 0.6) is 0 Å². The van der Waals surface area contributed by atoms with Crippen molar-refractivity contribution in [3.8, 4) is 0 Å². The van der Waals surface area contributed by atoms with Gasteiger partial charge in [-0.15, -0.1) is 0 Å². The van der Waals surface area contributed by atoms with E-state index in [0.29, 0.717) is 5.56 Å². The number of hydrogen-bond acceptors (Lipinski definition) is 2. The van der Waals surface area contributed by atoms with Crippen LogP contribution < -0.4 is 5.32 Å². The monoisotopic (exact) mass is 285 g/mol. The molecule has 1 aliphatic rings. The lowest BCUT2D eigenvalue weighted by atomic mass is 9.89. The maximum atomic E-state index is 14.1. The largest absolute Gasteiger partial charge is 0.309 e. The van der Waals surface area contributed by atoms with Gasteiger partial charge in [0.15, 0.2) is 0 Å². The summed E-state index contributed by atoms with van der Waals surface area (Å²) in [7, 11) is 0. The smallest absolute Gasteiger partial charge is 0.130 e. The van der Waals surface area contributed by atoms with Crippen LogP contribution in [0.25, 0.3) is 0 Å². The lowest BCUT2D eigenvalue weighted by Crippen LogP contribution is -2.38. The van der Waals surface area contributed by atoms with Crippen molar-refractivity contribution in [1.82, 2.24) is 5.32 Å². The van der Waals surface area contributed by atoms with Crippen molar-refractivity contribution in [1.29, 1.82) is 0 Å². The van der Waals surface area contributed by atoms with Gasteiger partial charge in [-0.3, -0.25) is 0 Å². The summed E-state index contributed by atoms with van der Waals surface area (Å²) in [6, 6.07) is 3.86. The van der Waals surface area contributed by atoms with Crippen LogP contribution >= 0.6 is 11.8 Å². The molecule has 1 saturated heterocycles. The van der Waals surface area contributed by atoms with Crippen molar-refractivity contribution in [2.45, 2.75) is 43.9 Å². The Hall–Kier alpha value is -0.610. The molecule has 19 heavy (non-hydrogen) atoms. The molecule has 0 saturated carbocycles. The standard InChI is InChI=1S/C15H21F2NS/c1-3-8-18-14(15(2)7-4-9-19-15)12-6-5-11(16)10-13(12)17/h5-6,10,14,18H,3-4,7-9H2,1-2H3. The van der Waals surface area contributed by atoms with E-state index in [9.17, 15) is 8.78 Å². The molecule has 1 aliphatic heterocycles. The van der Waals surface area contributed by atoms with Crippen molar-refractivity contribution in [3.63, 3.8) is 0 Å². The molecule has 0 spiro atoms. The van der Waals surface area contributed by atoms with Crippen LogP contribution in [0, 0.1) is 11.6 Å². The molecular weight excluding hydrogens is 264 g/mol. The Morgan fingerprint density at radius 2 is 2.21 bits per heavy atom. The molecule has 2 unspecified atom stereocenters. The highest BCUT2D eigenvalue weighted by molar-refractivity contribution is 8.00. The van der Waals surface area contributed by atoms with E-state index >= 15 is 0 Å². The molecule has 0 radical (unpaired) electrons. The highest BCUT2D eigenvalue weighted by Gasteiger charge is 2.39. The molecule has 1 heterocycles. The first-order valence-electron chi connectivity index (χ1n) is 6.89. The Kier molecular flexibility index (Phi) is 4.85. The number of hydrogen-bond donors (Lipinski definition) is 1. The molecular formula is C15H21F2NS. The summed E-state index contributed by atoms with van der Waals surface area (Å²) in [4.78, 5) is 0. The molecule has 106 valence electrons. The second-order valence-electron chi connectivity index (χ2n) is 5.32. The van der Waals surface area contributed by atoms with E-state index in [4.69, 9.17) is 0 Å². The minimum atomic E-state index is -0.514. The fourth-order valence-electron chi connectivity index (χ4n) is 2.71. The summed E-state index contributed by atoms with van der Waals surface area (Å²) in [5.41, 5.74) is 0.590. The van der Waals surface area contributed by atoms with Gasteiger partial charge in [-0.2, -0.15) is 11.8 Å². The van der Waals surface area contributed by atoms with Crippen LogP contribution in [0.1, 0.15) is 44.7 Å². The van der Waals surface area contributed by atoms with E-state index in [-0.39, 0.29) is 10.8 Å². The number of nitrogens with one attached hydrogen (secondary N) is 1. The maximum absolute atomic E-state index is 14.1. The summed E-state index contributed by atoms with van der Waals surface area (Å²) >= 11 is 1.89. The average molecular weight is 285 g/mol. The number of halogens is 2. The van der Waals surface area contributed by atoms with E-state index in [1.807, 2.05) is 11.8 Å². The second kappa shape index (κ2) is 6.23. The van der Waals surface area contributed by atoms with Gasteiger partial charge in [0, 0.05) is 22.4 Å². The van der Waals surface area contributed by atoms with Crippen LogP contribution in [-0.4, -0.2) is 17.0 Å². The van der Waals surface area contributed by atoms with Crippen LogP contribution in [0.4, 0.5) is 8.78 Å². The van der Waals surface area contributed by atoms with Crippen molar-refractivity contribution in [2.75, 3.05) is 12.3 Å². The van der Waals surface area contributed by atoms with Crippen molar-refractivity contribution in [3.05, 3.63) is 35.4 Å². The van der Waals surface area contributed by atoms with Crippen LogP contribution in [0.3, 0.4) is 0 Å². The first kappa shape index (κ1) is 14.8. The first-order chi connectivity index (χ1) is 9.07. The zero-order valence-corrected chi connectivity index (χ0v) is 12.3. The van der Waals surface area contributed by atoms with Gasteiger partial charge >= 0.3 is 0 Å². The van der Waals surface area contributed by atoms with Crippen LogP contribution in [-0.2, 0) is 0 Å². The van der Waals surface area contributed by atoms with E-state index < -0.39 is 11.6 Å². The Labute approximate surface area is 118 Å². The minimum Gasteiger partial charge on any atom is -0.309 e. The van der Waals surface area contributed by atoms with Crippen molar-refractivity contribution in [2.24, 2.45) is 0 Å². The van der Waals surface area contributed by atoms with E-state index in [0.717, 1.165) is 37.6 Å². The molecule has 1 fully saturated rings. The number of thioether (sulfide) groups is 1. The van der Waals surface area contributed by atoms with Gasteiger partial charge in [0.1, 0.15) is 11.6 Å². The average Bonchev–Trinajstić information content (AvgIpc) is 2.80. The fourth-order valence-corrected chi connectivity index (χ4v) is 4.13. The molecule has 0 aliphatic carbocycles. The topological polar surface area (TPSA) is 12.0 Å². The van der Waals surface area contributed by atoms with Crippen molar-refractivity contribution >= 4 is 11.8 Å². The highest BCUT2D eigenvalue weighted by Crippen LogP contribution is 2.47. The summed E-state index contributed by atoms with van der Waals surface area (Å²) in [6.45, 7) is 5.12.